The Morgan fingerprint density at radius 2 is 1.83 bits per heavy atom. The van der Waals surface area contributed by atoms with Gasteiger partial charge in [-0.2, -0.15) is 0 Å². The number of rotatable bonds is 7. The number of ether oxygens (including phenoxy) is 2. The van der Waals surface area contributed by atoms with E-state index in [0.717, 1.165) is 11.1 Å². The zero-order valence-electron chi connectivity index (χ0n) is 20.2. The van der Waals surface area contributed by atoms with Gasteiger partial charge in [0.25, 0.3) is 0 Å². The second kappa shape index (κ2) is 11.3. The quantitative estimate of drug-likeness (QED) is 0.469. The second-order valence-corrected chi connectivity index (χ2v) is 9.38. The van der Waals surface area contributed by atoms with E-state index in [2.05, 4.69) is 10.3 Å². The summed E-state index contributed by atoms with van der Waals surface area (Å²) >= 11 is 1.20. The summed E-state index contributed by atoms with van der Waals surface area (Å²) in [5.41, 5.74) is 2.96. The van der Waals surface area contributed by atoms with E-state index in [1.165, 1.54) is 40.9 Å². The van der Waals surface area contributed by atoms with Crippen LogP contribution < -0.4 is 14.8 Å². The third-order valence-electron chi connectivity index (χ3n) is 5.56. The second-order valence-electron chi connectivity index (χ2n) is 8.21. The number of nitrogens with zero attached hydrogens (tertiary/aromatic N) is 2. The van der Waals surface area contributed by atoms with Crippen LogP contribution in [0.25, 0.3) is 0 Å². The molecule has 0 saturated carbocycles. The van der Waals surface area contributed by atoms with Gasteiger partial charge in [0.2, 0.25) is 11.8 Å². The van der Waals surface area contributed by atoms with Crippen molar-refractivity contribution >= 4 is 40.1 Å². The number of anilines is 1. The summed E-state index contributed by atoms with van der Waals surface area (Å²) in [5, 5.41) is 2.58. The molecule has 1 atom stereocenters. The molecule has 9 heteroatoms. The summed E-state index contributed by atoms with van der Waals surface area (Å²) in [5.74, 6) is 0.211. The predicted octanol–water partition coefficient (Wildman–Crippen LogP) is 5.31. The first-order chi connectivity index (χ1) is 17.4. The molecular weight excluding hydrogens is 481 g/mol. The number of carbonyl (C=O) groups excluding carboxylic acids is 2. The zero-order chi connectivity index (χ0) is 25.7. The molecule has 1 aliphatic heterocycles. The lowest BCUT2D eigenvalue weighted by Crippen LogP contribution is -2.44. The number of nitrogens with one attached hydrogen (secondary N) is 1. The first-order valence-electron chi connectivity index (χ1n) is 11.3. The number of methoxy groups -OCH3 is 2. The minimum absolute atomic E-state index is 0.0119. The van der Waals surface area contributed by atoms with Crippen LogP contribution in [-0.4, -0.2) is 41.4 Å². The molecule has 3 aromatic rings. The number of thioether (sulfide) groups is 1. The minimum Gasteiger partial charge on any atom is -0.493 e. The standard InChI is InChI=1S/C27H26FN3O4S/c1-17-5-4-6-21(13-17)29-26(33)24-15-25(32)31(16-18-7-12-22(34-2)23(14-18)35-3)27(36-24)30-20-10-8-19(28)9-11-20/h4-14,24H,15-16H2,1-3H3,(H,29,33). The van der Waals surface area contributed by atoms with Crippen LogP contribution >= 0.6 is 11.8 Å². The van der Waals surface area contributed by atoms with Gasteiger partial charge >= 0.3 is 0 Å². The molecule has 0 aromatic heterocycles. The molecule has 1 saturated heterocycles. The predicted molar refractivity (Wildman–Crippen MR) is 139 cm³/mol. The number of hydrogen-bond donors (Lipinski definition) is 1. The third-order valence-corrected chi connectivity index (χ3v) is 6.75. The number of halogens is 1. The van der Waals surface area contributed by atoms with Gasteiger partial charge in [0.05, 0.1) is 26.5 Å². The molecule has 186 valence electrons. The van der Waals surface area contributed by atoms with Crippen molar-refractivity contribution in [3.63, 3.8) is 0 Å². The molecule has 0 aliphatic carbocycles. The molecule has 36 heavy (non-hydrogen) atoms. The first kappa shape index (κ1) is 25.2. The Balaban J connectivity index is 1.61. The van der Waals surface area contributed by atoms with Crippen molar-refractivity contribution in [1.82, 2.24) is 4.90 Å². The summed E-state index contributed by atoms with van der Waals surface area (Å²) < 4.78 is 24.1. The smallest absolute Gasteiger partial charge is 0.238 e. The van der Waals surface area contributed by atoms with Gasteiger partial charge in [-0.3, -0.25) is 14.5 Å². The fourth-order valence-corrected chi connectivity index (χ4v) is 4.83. The van der Waals surface area contributed by atoms with Gasteiger partial charge in [0.1, 0.15) is 11.1 Å². The average Bonchev–Trinajstić information content (AvgIpc) is 2.87. The Kier molecular flexibility index (Phi) is 7.90. The molecule has 7 nitrogen and oxygen atoms in total. The highest BCUT2D eigenvalue weighted by atomic mass is 32.2. The van der Waals surface area contributed by atoms with Gasteiger partial charge in [0, 0.05) is 12.1 Å². The van der Waals surface area contributed by atoms with Crippen LogP contribution in [-0.2, 0) is 16.1 Å². The molecule has 1 heterocycles. The number of hydrogen-bond acceptors (Lipinski definition) is 6. The lowest BCUT2D eigenvalue weighted by molar-refractivity contribution is -0.129. The van der Waals surface area contributed by atoms with Gasteiger partial charge in [-0.05, 0) is 66.6 Å². The van der Waals surface area contributed by atoms with Crippen molar-refractivity contribution in [2.24, 2.45) is 4.99 Å². The maximum atomic E-state index is 13.4. The Labute approximate surface area is 213 Å². The van der Waals surface area contributed by atoms with E-state index < -0.39 is 5.25 Å². The van der Waals surface area contributed by atoms with Gasteiger partial charge in [-0.25, -0.2) is 9.38 Å². The maximum Gasteiger partial charge on any atom is 0.238 e. The summed E-state index contributed by atoms with van der Waals surface area (Å²) in [6, 6.07) is 18.5. The summed E-state index contributed by atoms with van der Waals surface area (Å²) in [7, 11) is 3.10. The first-order valence-corrected chi connectivity index (χ1v) is 12.1. The van der Waals surface area contributed by atoms with E-state index in [1.807, 2.05) is 31.2 Å². The van der Waals surface area contributed by atoms with Crippen molar-refractivity contribution in [2.45, 2.75) is 25.1 Å². The summed E-state index contributed by atoms with van der Waals surface area (Å²) in [6.07, 6.45) is 0.0119. The number of benzene rings is 3. The monoisotopic (exact) mass is 507 g/mol. The molecule has 1 aliphatic rings. The lowest BCUT2D eigenvalue weighted by Gasteiger charge is -2.32. The van der Waals surface area contributed by atoms with Crippen LogP contribution in [0, 0.1) is 12.7 Å². The highest BCUT2D eigenvalue weighted by Gasteiger charge is 2.36. The zero-order valence-corrected chi connectivity index (χ0v) is 21.0. The molecule has 4 rings (SSSR count). The van der Waals surface area contributed by atoms with Gasteiger partial charge in [0.15, 0.2) is 16.7 Å². The third kappa shape index (κ3) is 6.04. The Morgan fingerprint density at radius 3 is 2.53 bits per heavy atom. The van der Waals surface area contributed by atoms with Crippen molar-refractivity contribution in [3.8, 4) is 11.5 Å². The minimum atomic E-state index is -0.668. The van der Waals surface area contributed by atoms with Crippen LogP contribution in [0.15, 0.2) is 71.7 Å². The SMILES string of the molecule is COc1ccc(CN2C(=O)CC(C(=O)Nc3cccc(C)c3)SC2=Nc2ccc(F)cc2)cc1OC. The van der Waals surface area contributed by atoms with Crippen molar-refractivity contribution in [2.75, 3.05) is 19.5 Å². The maximum absolute atomic E-state index is 13.4. The summed E-state index contributed by atoms with van der Waals surface area (Å²) in [6.45, 7) is 2.16. The van der Waals surface area contributed by atoms with Crippen LogP contribution in [0.1, 0.15) is 17.5 Å². The normalized spacial score (nSPS) is 16.7. The molecule has 2 amide bonds. The van der Waals surface area contributed by atoms with E-state index in [9.17, 15) is 14.0 Å². The fraction of sp³-hybridized carbons (Fsp3) is 0.222. The van der Waals surface area contributed by atoms with Crippen LogP contribution in [0.2, 0.25) is 0 Å². The molecular formula is C27H26FN3O4S. The Hall–Kier alpha value is -3.85. The summed E-state index contributed by atoms with van der Waals surface area (Å²) in [4.78, 5) is 32.5. The van der Waals surface area contributed by atoms with E-state index in [0.29, 0.717) is 28.0 Å². The topological polar surface area (TPSA) is 80.2 Å². The fourth-order valence-electron chi connectivity index (χ4n) is 3.73. The van der Waals surface area contributed by atoms with Gasteiger partial charge in [-0.15, -0.1) is 0 Å². The Morgan fingerprint density at radius 1 is 1.08 bits per heavy atom. The molecule has 1 unspecified atom stereocenters. The largest absolute Gasteiger partial charge is 0.493 e. The molecule has 0 spiro atoms. The van der Waals surface area contributed by atoms with Crippen LogP contribution in [0.4, 0.5) is 15.8 Å². The van der Waals surface area contributed by atoms with Crippen molar-refractivity contribution < 1.29 is 23.5 Å². The van der Waals surface area contributed by atoms with Crippen molar-refractivity contribution in [1.29, 1.82) is 0 Å². The van der Waals surface area contributed by atoms with E-state index in [1.54, 1.807) is 32.4 Å². The molecule has 0 bridgehead atoms. The highest BCUT2D eigenvalue weighted by Crippen LogP contribution is 2.33. The molecule has 0 radical (unpaired) electrons. The Bertz CT molecular complexity index is 1300. The molecule has 1 N–H and O–H groups in total. The number of aliphatic imine (C=N–C) groups is 1. The van der Waals surface area contributed by atoms with E-state index in [4.69, 9.17) is 9.47 Å². The van der Waals surface area contributed by atoms with E-state index >= 15 is 0 Å². The molecule has 1 fully saturated rings. The number of carbonyl (C=O) groups is 2. The van der Waals surface area contributed by atoms with Crippen LogP contribution in [0.3, 0.4) is 0 Å². The van der Waals surface area contributed by atoms with Crippen LogP contribution in [0.5, 0.6) is 11.5 Å². The number of amidine groups is 1. The average molecular weight is 508 g/mol. The number of aryl methyl sites for hydroxylation is 1. The van der Waals surface area contributed by atoms with Gasteiger partial charge in [-0.1, -0.05) is 30.0 Å². The van der Waals surface area contributed by atoms with Crippen molar-refractivity contribution in [3.05, 3.63) is 83.7 Å². The highest BCUT2D eigenvalue weighted by molar-refractivity contribution is 8.15. The van der Waals surface area contributed by atoms with E-state index in [-0.39, 0.29) is 30.6 Å². The lowest BCUT2D eigenvalue weighted by atomic mass is 10.1. The number of amides is 2. The van der Waals surface area contributed by atoms with Gasteiger partial charge < -0.3 is 14.8 Å². The molecule has 3 aromatic carbocycles.